The first-order chi connectivity index (χ1) is 10.5. The molecule has 0 bridgehead atoms. The Labute approximate surface area is 136 Å². The first-order valence-corrected chi connectivity index (χ1v) is 8.71. The summed E-state index contributed by atoms with van der Waals surface area (Å²) in [5, 5.41) is 3.23. The molecular formula is C19H23NOS. The van der Waals surface area contributed by atoms with Crippen molar-refractivity contribution >= 4 is 22.8 Å². The molecule has 3 rings (SSSR count). The maximum absolute atomic E-state index is 12.6. The van der Waals surface area contributed by atoms with E-state index in [1.54, 1.807) is 11.3 Å². The molecule has 1 aliphatic carbocycles. The molecule has 0 amide bonds. The summed E-state index contributed by atoms with van der Waals surface area (Å²) in [6.07, 6.45) is 3.31. The summed E-state index contributed by atoms with van der Waals surface area (Å²) >= 11 is 1.68. The van der Waals surface area contributed by atoms with Crippen LogP contribution in [-0.2, 0) is 12.8 Å². The van der Waals surface area contributed by atoms with Gasteiger partial charge in [0.05, 0.1) is 11.4 Å². The van der Waals surface area contributed by atoms with Gasteiger partial charge in [-0.25, -0.2) is 0 Å². The number of thiophene rings is 1. The minimum Gasteiger partial charge on any atom is -0.378 e. The lowest BCUT2D eigenvalue weighted by molar-refractivity contribution is 0.101. The SMILES string of the molecule is Cc1sc(C(=O)CNc2ccccc2)c2c1CC(C)(C)CC2. The van der Waals surface area contributed by atoms with Crippen LogP contribution < -0.4 is 5.32 Å². The van der Waals surface area contributed by atoms with Gasteiger partial charge in [-0.1, -0.05) is 32.0 Å². The molecule has 22 heavy (non-hydrogen) atoms. The normalized spacial score (nSPS) is 16.1. The molecule has 0 aliphatic heterocycles. The zero-order valence-corrected chi connectivity index (χ0v) is 14.3. The Bertz CT molecular complexity index is 685. The summed E-state index contributed by atoms with van der Waals surface area (Å²) in [6, 6.07) is 9.92. The summed E-state index contributed by atoms with van der Waals surface area (Å²) < 4.78 is 0. The van der Waals surface area contributed by atoms with Crippen LogP contribution in [0.15, 0.2) is 30.3 Å². The third kappa shape index (κ3) is 3.09. The molecule has 1 aromatic heterocycles. The fourth-order valence-corrected chi connectivity index (χ4v) is 4.35. The molecule has 0 saturated heterocycles. The maximum Gasteiger partial charge on any atom is 0.192 e. The van der Waals surface area contributed by atoms with Gasteiger partial charge in [-0.15, -0.1) is 11.3 Å². The molecule has 2 nitrogen and oxygen atoms in total. The second-order valence-corrected chi connectivity index (χ2v) is 8.15. The number of Topliss-reactive ketones (excluding diaryl/α,β-unsaturated/α-hetero) is 1. The van der Waals surface area contributed by atoms with E-state index >= 15 is 0 Å². The van der Waals surface area contributed by atoms with E-state index in [-0.39, 0.29) is 5.78 Å². The number of carbonyl (C=O) groups excluding carboxylic acids is 1. The molecule has 1 N–H and O–H groups in total. The molecule has 1 aliphatic rings. The van der Waals surface area contributed by atoms with Crippen molar-refractivity contribution in [3.63, 3.8) is 0 Å². The molecule has 1 heterocycles. The number of aryl methyl sites for hydroxylation is 1. The predicted molar refractivity (Wildman–Crippen MR) is 94.1 cm³/mol. The van der Waals surface area contributed by atoms with Gasteiger partial charge in [0.25, 0.3) is 0 Å². The van der Waals surface area contributed by atoms with Crippen molar-refractivity contribution in [1.29, 1.82) is 0 Å². The number of rotatable bonds is 4. The minimum absolute atomic E-state index is 0.220. The van der Waals surface area contributed by atoms with Gasteiger partial charge in [0.2, 0.25) is 0 Å². The number of ketones is 1. The lowest BCUT2D eigenvalue weighted by atomic mass is 9.74. The molecule has 2 aromatic rings. The van der Waals surface area contributed by atoms with Crippen LogP contribution in [-0.4, -0.2) is 12.3 Å². The zero-order valence-electron chi connectivity index (χ0n) is 13.5. The van der Waals surface area contributed by atoms with E-state index in [0.29, 0.717) is 12.0 Å². The van der Waals surface area contributed by atoms with Crippen molar-refractivity contribution in [2.24, 2.45) is 5.41 Å². The highest BCUT2D eigenvalue weighted by Crippen LogP contribution is 2.41. The van der Waals surface area contributed by atoms with Gasteiger partial charge < -0.3 is 5.32 Å². The number of hydrogen-bond acceptors (Lipinski definition) is 3. The molecule has 0 radical (unpaired) electrons. The van der Waals surface area contributed by atoms with Crippen molar-refractivity contribution in [2.75, 3.05) is 11.9 Å². The summed E-state index contributed by atoms with van der Waals surface area (Å²) in [6.45, 7) is 7.18. The number of fused-ring (bicyclic) bond motifs is 1. The van der Waals surface area contributed by atoms with Crippen LogP contribution in [0.2, 0.25) is 0 Å². The van der Waals surface area contributed by atoms with Gasteiger partial charge >= 0.3 is 0 Å². The average molecular weight is 313 g/mol. The lowest BCUT2D eigenvalue weighted by Gasteiger charge is -2.30. The van der Waals surface area contributed by atoms with E-state index in [9.17, 15) is 4.79 Å². The topological polar surface area (TPSA) is 29.1 Å². The molecule has 1 aromatic carbocycles. The smallest absolute Gasteiger partial charge is 0.192 e. The average Bonchev–Trinajstić information content (AvgIpc) is 2.81. The summed E-state index contributed by atoms with van der Waals surface area (Å²) in [5.41, 5.74) is 4.12. The van der Waals surface area contributed by atoms with Crippen molar-refractivity contribution < 1.29 is 4.79 Å². The number of benzene rings is 1. The number of para-hydroxylation sites is 1. The molecule has 0 atom stereocenters. The zero-order chi connectivity index (χ0) is 15.7. The van der Waals surface area contributed by atoms with E-state index < -0.39 is 0 Å². The van der Waals surface area contributed by atoms with E-state index in [0.717, 1.165) is 23.4 Å². The predicted octanol–water partition coefficient (Wildman–Crippen LogP) is 4.87. The highest BCUT2D eigenvalue weighted by molar-refractivity contribution is 7.14. The quantitative estimate of drug-likeness (QED) is 0.816. The van der Waals surface area contributed by atoms with Crippen molar-refractivity contribution in [3.8, 4) is 0 Å². The first kappa shape index (κ1) is 15.3. The van der Waals surface area contributed by atoms with E-state index in [1.165, 1.54) is 22.4 Å². The molecule has 0 unspecified atom stereocenters. The van der Waals surface area contributed by atoms with Gasteiger partial charge in [0.15, 0.2) is 5.78 Å². The summed E-state index contributed by atoms with van der Waals surface area (Å²) in [7, 11) is 0. The van der Waals surface area contributed by atoms with Gasteiger partial charge in [-0.05, 0) is 54.9 Å². The first-order valence-electron chi connectivity index (χ1n) is 7.89. The Balaban J connectivity index is 1.77. The van der Waals surface area contributed by atoms with Crippen LogP contribution in [0.3, 0.4) is 0 Å². The van der Waals surface area contributed by atoms with E-state index in [4.69, 9.17) is 0 Å². The Morgan fingerprint density at radius 2 is 1.95 bits per heavy atom. The Hall–Kier alpha value is -1.61. The van der Waals surface area contributed by atoms with Crippen LogP contribution in [0.4, 0.5) is 5.69 Å². The molecular weight excluding hydrogens is 290 g/mol. The van der Waals surface area contributed by atoms with Crippen molar-refractivity contribution in [3.05, 3.63) is 51.2 Å². The summed E-state index contributed by atoms with van der Waals surface area (Å²) in [5.74, 6) is 0.220. The van der Waals surface area contributed by atoms with Crippen LogP contribution in [0, 0.1) is 12.3 Å². The standard InChI is InChI=1S/C19H23NOS/c1-13-16-11-19(2,3)10-9-15(16)18(22-13)17(21)12-20-14-7-5-4-6-8-14/h4-8,20H,9-12H2,1-3H3. The molecule has 0 saturated carbocycles. The minimum atomic E-state index is 0.220. The second-order valence-electron chi connectivity index (χ2n) is 6.93. The fraction of sp³-hybridized carbons (Fsp3) is 0.421. The number of carbonyl (C=O) groups is 1. The van der Waals surface area contributed by atoms with Crippen molar-refractivity contribution in [1.82, 2.24) is 0 Å². The third-order valence-corrected chi connectivity index (χ3v) is 5.74. The van der Waals surface area contributed by atoms with Crippen LogP contribution in [0.1, 0.15) is 45.9 Å². The molecule has 3 heteroatoms. The van der Waals surface area contributed by atoms with Crippen LogP contribution in [0.5, 0.6) is 0 Å². The number of anilines is 1. The largest absolute Gasteiger partial charge is 0.378 e. The van der Waals surface area contributed by atoms with Gasteiger partial charge in [0, 0.05) is 10.6 Å². The Kier molecular flexibility index (Phi) is 4.09. The fourth-order valence-electron chi connectivity index (χ4n) is 3.20. The molecule has 0 fully saturated rings. The Morgan fingerprint density at radius 1 is 1.23 bits per heavy atom. The maximum atomic E-state index is 12.6. The Morgan fingerprint density at radius 3 is 2.68 bits per heavy atom. The number of hydrogen-bond donors (Lipinski definition) is 1. The van der Waals surface area contributed by atoms with Crippen LogP contribution in [0.25, 0.3) is 0 Å². The van der Waals surface area contributed by atoms with Crippen LogP contribution >= 0.6 is 11.3 Å². The third-order valence-electron chi connectivity index (χ3n) is 4.51. The van der Waals surface area contributed by atoms with E-state index in [1.807, 2.05) is 30.3 Å². The van der Waals surface area contributed by atoms with Gasteiger partial charge in [0.1, 0.15) is 0 Å². The highest BCUT2D eigenvalue weighted by Gasteiger charge is 2.31. The van der Waals surface area contributed by atoms with Crippen molar-refractivity contribution in [2.45, 2.75) is 40.0 Å². The molecule has 0 spiro atoms. The molecule has 116 valence electrons. The van der Waals surface area contributed by atoms with E-state index in [2.05, 4.69) is 26.1 Å². The monoisotopic (exact) mass is 313 g/mol. The second kappa shape index (κ2) is 5.88. The number of nitrogens with one attached hydrogen (secondary N) is 1. The highest BCUT2D eigenvalue weighted by atomic mass is 32.1. The van der Waals surface area contributed by atoms with Gasteiger partial charge in [-0.2, -0.15) is 0 Å². The summed E-state index contributed by atoms with van der Waals surface area (Å²) in [4.78, 5) is 14.9. The lowest BCUT2D eigenvalue weighted by Crippen LogP contribution is -2.23. The van der Waals surface area contributed by atoms with Gasteiger partial charge in [-0.3, -0.25) is 4.79 Å².